The van der Waals surface area contributed by atoms with Gasteiger partial charge in [-0.1, -0.05) is 119 Å². The number of likely N-dealkylation sites (N-methyl/N-ethyl adjacent to an activating group) is 2. The van der Waals surface area contributed by atoms with E-state index in [1.165, 1.54) is 0 Å². The predicted molar refractivity (Wildman–Crippen MR) is 263 cm³/mol. The monoisotopic (exact) mass is 1010 g/mol. The quantitative estimate of drug-likeness (QED) is 0.0140. The molecule has 0 aliphatic heterocycles. The summed E-state index contributed by atoms with van der Waals surface area (Å²) in [5, 5.41) is 0. The van der Waals surface area contributed by atoms with Crippen molar-refractivity contribution >= 4 is 46.2 Å². The van der Waals surface area contributed by atoms with Gasteiger partial charge in [0.05, 0.1) is 14.1 Å². The van der Waals surface area contributed by atoms with Crippen molar-refractivity contribution in [2.24, 2.45) is 0 Å². The fourth-order valence-electron chi connectivity index (χ4n) is 6.50. The molecule has 0 radical (unpaired) electrons. The lowest BCUT2D eigenvalue weighted by atomic mass is 10.2. The molecule has 0 fully saturated rings. The van der Waals surface area contributed by atoms with E-state index in [2.05, 4.69) is 41.5 Å². The number of ether oxygens (including phenoxy) is 6. The summed E-state index contributed by atoms with van der Waals surface area (Å²) < 4.78 is 67.5. The number of rotatable bonds is 42. The van der Waals surface area contributed by atoms with E-state index < -0.39 is 10.4 Å². The van der Waals surface area contributed by atoms with Crippen LogP contribution in [0, 0.1) is 0 Å². The molecule has 0 aliphatic rings. The number of quaternary nitrogens is 2. The molecule has 18 nitrogen and oxygen atoms in total. The number of hydrogen-bond donors (Lipinski definition) is 0. The molecule has 0 heterocycles. The van der Waals surface area contributed by atoms with Crippen LogP contribution in [0.25, 0.3) is 0 Å². The third-order valence-electron chi connectivity index (χ3n) is 11.3. The van der Waals surface area contributed by atoms with Crippen LogP contribution >= 0.6 is 0 Å². The van der Waals surface area contributed by atoms with Crippen molar-refractivity contribution in [1.82, 2.24) is 0 Å². The van der Waals surface area contributed by atoms with E-state index >= 15 is 0 Å². The van der Waals surface area contributed by atoms with Gasteiger partial charge in [-0.3, -0.25) is 37.2 Å². The molecule has 0 aliphatic carbocycles. The fourth-order valence-corrected chi connectivity index (χ4v) is 6.50. The summed E-state index contributed by atoms with van der Waals surface area (Å²) in [7, 11) is -1.14. The molecule has 0 N–H and O–H groups in total. The van der Waals surface area contributed by atoms with Crippen LogP contribution in [0.3, 0.4) is 0 Å². The Morgan fingerprint density at radius 3 is 0.565 bits per heavy atom. The maximum atomic E-state index is 11.9. The Labute approximate surface area is 417 Å². The van der Waals surface area contributed by atoms with Gasteiger partial charge in [-0.05, 0) is 38.5 Å². The summed E-state index contributed by atoms with van der Waals surface area (Å²) in [4.78, 5) is 71.4. The van der Waals surface area contributed by atoms with Crippen molar-refractivity contribution in [1.29, 1.82) is 0 Å². The molecule has 0 aromatic rings. The summed E-state index contributed by atoms with van der Waals surface area (Å²) in [6.07, 6.45) is 20.3. The molecule has 19 heteroatoms. The van der Waals surface area contributed by atoms with Crippen LogP contribution in [0.1, 0.15) is 196 Å². The standard InChI is InChI=1S/2C25H48NO6.H2O4S/c2*1-5-8-11-14-23(27)30-20-17-26(4,18-21-31-24(28)15-12-9-6-2)19-22-32-25(29)16-13-10-7-3;1-5(2,3)4/h2*5-22H2,1-4H3;(H2,1,2,3,4)/q2*+1;/p-2. The van der Waals surface area contributed by atoms with Crippen LogP contribution in [0.4, 0.5) is 0 Å². The topological polar surface area (TPSA) is 238 Å². The lowest BCUT2D eigenvalue weighted by Crippen LogP contribution is -2.51. The van der Waals surface area contributed by atoms with Gasteiger partial charge in [-0.25, -0.2) is 0 Å². The Morgan fingerprint density at radius 1 is 0.319 bits per heavy atom. The van der Waals surface area contributed by atoms with Gasteiger partial charge < -0.3 is 46.5 Å². The Kier molecular flexibility index (Phi) is 47.6. The Bertz CT molecular complexity index is 1190. The van der Waals surface area contributed by atoms with Gasteiger partial charge in [0, 0.05) is 48.9 Å². The van der Waals surface area contributed by atoms with Gasteiger partial charge in [-0.15, -0.1) is 0 Å². The fraction of sp³-hybridized carbons (Fsp3) is 0.880. The zero-order valence-corrected chi connectivity index (χ0v) is 45.1. The predicted octanol–water partition coefficient (Wildman–Crippen LogP) is 8.27. The molecule has 0 atom stereocenters. The largest absolute Gasteiger partial charge is 0.759 e. The second-order valence-corrected chi connectivity index (χ2v) is 18.9. The summed E-state index contributed by atoms with van der Waals surface area (Å²) >= 11 is 0. The molecular weight excluding hydrogens is 917 g/mol. The van der Waals surface area contributed by atoms with Gasteiger partial charge in [0.2, 0.25) is 0 Å². The van der Waals surface area contributed by atoms with Crippen LogP contribution in [0.5, 0.6) is 0 Å². The van der Waals surface area contributed by atoms with E-state index in [1.807, 2.05) is 14.1 Å². The summed E-state index contributed by atoms with van der Waals surface area (Å²) in [6.45, 7) is 17.9. The molecule has 408 valence electrons. The van der Waals surface area contributed by atoms with Gasteiger partial charge in [0.15, 0.2) is 0 Å². The molecule has 0 bridgehead atoms. The molecule has 0 saturated heterocycles. The lowest BCUT2D eigenvalue weighted by molar-refractivity contribution is -0.910. The number of hydrogen-bond acceptors (Lipinski definition) is 16. The average Bonchev–Trinajstić information content (AvgIpc) is 3.26. The van der Waals surface area contributed by atoms with Gasteiger partial charge in [0.1, 0.15) is 78.9 Å². The minimum Gasteiger partial charge on any atom is -0.759 e. The number of carbonyl (C=O) groups excluding carboxylic acids is 6. The number of nitrogens with zero attached hydrogens (tertiary/aromatic N) is 2. The molecular formula is C50H96N2O16S. The van der Waals surface area contributed by atoms with E-state index in [1.54, 1.807) is 0 Å². The number of carbonyl (C=O) groups is 6. The second kappa shape index (κ2) is 47.0. The smallest absolute Gasteiger partial charge is 0.305 e. The molecule has 0 aromatic carbocycles. The SMILES string of the molecule is CCCCCC(=O)OCC[N+](C)(CCOC(=O)CCCCC)CCOC(=O)CCCCC.CCCCCC(=O)OCC[N+](C)(CCOC(=O)CCCCC)CCOC(=O)CCCCC.O=S(=O)([O-])[O-]. The van der Waals surface area contributed by atoms with Crippen molar-refractivity contribution in [3.63, 3.8) is 0 Å². The van der Waals surface area contributed by atoms with Gasteiger partial charge in [-0.2, -0.15) is 0 Å². The van der Waals surface area contributed by atoms with E-state index in [-0.39, 0.29) is 35.8 Å². The molecule has 0 spiro atoms. The van der Waals surface area contributed by atoms with E-state index in [0.29, 0.717) is 126 Å². The first-order chi connectivity index (χ1) is 32.7. The van der Waals surface area contributed by atoms with Crippen molar-refractivity contribution in [3.8, 4) is 0 Å². The van der Waals surface area contributed by atoms with E-state index in [4.69, 9.17) is 45.9 Å². The Balaban J connectivity index is -0.00000115. The van der Waals surface area contributed by atoms with E-state index in [9.17, 15) is 28.8 Å². The maximum absolute atomic E-state index is 11.9. The first-order valence-corrected chi connectivity index (χ1v) is 27.3. The first-order valence-electron chi connectivity index (χ1n) is 26.0. The van der Waals surface area contributed by atoms with Crippen LogP contribution < -0.4 is 0 Å². The van der Waals surface area contributed by atoms with Crippen molar-refractivity contribution in [3.05, 3.63) is 0 Å². The average molecular weight is 1010 g/mol. The van der Waals surface area contributed by atoms with Crippen molar-refractivity contribution in [2.45, 2.75) is 196 Å². The van der Waals surface area contributed by atoms with Crippen LogP contribution in [-0.2, 0) is 67.6 Å². The zero-order chi connectivity index (χ0) is 52.7. The molecule has 0 saturated carbocycles. The maximum Gasteiger partial charge on any atom is 0.305 e. The lowest BCUT2D eigenvalue weighted by Gasteiger charge is -2.34. The van der Waals surface area contributed by atoms with Gasteiger partial charge in [0.25, 0.3) is 0 Å². The summed E-state index contributed by atoms with van der Waals surface area (Å²) in [6, 6.07) is 0. The third kappa shape index (κ3) is 53.8. The minimum absolute atomic E-state index is 0.172. The molecule has 69 heavy (non-hydrogen) atoms. The number of unbranched alkanes of at least 4 members (excludes halogenated alkanes) is 12. The second-order valence-electron chi connectivity index (χ2n) is 18.1. The normalized spacial score (nSPS) is 11.3. The first kappa shape index (κ1) is 69.9. The summed E-state index contributed by atoms with van der Waals surface area (Å²) in [5.41, 5.74) is 0. The highest BCUT2D eigenvalue weighted by atomic mass is 32.3. The highest BCUT2D eigenvalue weighted by Gasteiger charge is 2.25. The molecule has 0 unspecified atom stereocenters. The minimum atomic E-state index is -5.17. The van der Waals surface area contributed by atoms with Crippen LogP contribution in [0.2, 0.25) is 0 Å². The zero-order valence-electron chi connectivity index (χ0n) is 44.3. The number of esters is 6. The molecule has 0 amide bonds. The van der Waals surface area contributed by atoms with Crippen molar-refractivity contribution in [2.75, 3.05) is 93.0 Å². The van der Waals surface area contributed by atoms with E-state index in [0.717, 1.165) is 116 Å². The van der Waals surface area contributed by atoms with Crippen LogP contribution in [-0.4, -0.2) is 155 Å². The molecule has 0 rings (SSSR count). The van der Waals surface area contributed by atoms with Gasteiger partial charge >= 0.3 is 35.8 Å². The Hall–Kier alpha value is -3.39. The summed E-state index contributed by atoms with van der Waals surface area (Å²) in [5.74, 6) is -1.03. The van der Waals surface area contributed by atoms with Crippen LogP contribution in [0.15, 0.2) is 0 Å². The third-order valence-corrected chi connectivity index (χ3v) is 11.3. The molecule has 0 aromatic heterocycles. The Morgan fingerprint density at radius 2 is 0.449 bits per heavy atom. The highest BCUT2D eigenvalue weighted by Crippen LogP contribution is 2.10. The van der Waals surface area contributed by atoms with Crippen molar-refractivity contribution < 1.29 is 83.7 Å². The highest BCUT2D eigenvalue weighted by molar-refractivity contribution is 7.79.